The third-order valence-corrected chi connectivity index (χ3v) is 4.03. The van der Waals surface area contributed by atoms with Crippen LogP contribution in [-0.4, -0.2) is 12.5 Å². The second-order valence-electron chi connectivity index (χ2n) is 2.84. The van der Waals surface area contributed by atoms with Gasteiger partial charge in [-0.05, 0) is 27.4 Å². The van der Waals surface area contributed by atoms with Gasteiger partial charge >= 0.3 is 0 Å². The molecule has 1 fully saturated rings. The van der Waals surface area contributed by atoms with Gasteiger partial charge in [0.1, 0.15) is 0 Å². The van der Waals surface area contributed by atoms with Gasteiger partial charge in [-0.2, -0.15) is 0 Å². The highest BCUT2D eigenvalue weighted by Gasteiger charge is 2.25. The summed E-state index contributed by atoms with van der Waals surface area (Å²) in [7, 11) is 0. The van der Waals surface area contributed by atoms with Gasteiger partial charge in [0, 0.05) is 28.2 Å². The summed E-state index contributed by atoms with van der Waals surface area (Å²) in [4.78, 5) is 12.2. The van der Waals surface area contributed by atoms with Crippen molar-refractivity contribution in [2.75, 3.05) is 6.54 Å². The van der Waals surface area contributed by atoms with Gasteiger partial charge in [0.2, 0.25) is 5.91 Å². The van der Waals surface area contributed by atoms with Crippen molar-refractivity contribution in [1.82, 2.24) is 5.32 Å². The maximum absolute atomic E-state index is 10.9. The van der Waals surface area contributed by atoms with Crippen molar-refractivity contribution in [1.29, 1.82) is 0 Å². The smallest absolute Gasteiger partial charge is 0.220 e. The van der Waals surface area contributed by atoms with Crippen LogP contribution in [0.25, 0.3) is 0 Å². The van der Waals surface area contributed by atoms with Crippen molar-refractivity contribution < 1.29 is 4.79 Å². The van der Waals surface area contributed by atoms with Crippen LogP contribution in [0.2, 0.25) is 0 Å². The molecule has 2 rings (SSSR count). The molecule has 1 aromatic rings. The van der Waals surface area contributed by atoms with Crippen molar-refractivity contribution in [3.8, 4) is 0 Å². The van der Waals surface area contributed by atoms with Crippen molar-refractivity contribution in [3.05, 3.63) is 20.8 Å². The molecule has 12 heavy (non-hydrogen) atoms. The van der Waals surface area contributed by atoms with Crippen molar-refractivity contribution in [2.24, 2.45) is 0 Å². The Balaban J connectivity index is 2.21. The molecule has 2 nitrogen and oxygen atoms in total. The van der Waals surface area contributed by atoms with E-state index in [-0.39, 0.29) is 5.91 Å². The molecule has 1 N–H and O–H groups in total. The molecule has 0 aromatic carbocycles. The highest BCUT2D eigenvalue weighted by Crippen LogP contribution is 2.33. The van der Waals surface area contributed by atoms with Crippen LogP contribution < -0.4 is 5.32 Å². The van der Waals surface area contributed by atoms with Gasteiger partial charge in [-0.15, -0.1) is 11.3 Å². The molecule has 0 bridgehead atoms. The maximum Gasteiger partial charge on any atom is 0.220 e. The molecule has 1 saturated heterocycles. The van der Waals surface area contributed by atoms with Gasteiger partial charge in [0.25, 0.3) is 0 Å². The Labute approximate surface area is 83.1 Å². The first kappa shape index (κ1) is 8.26. The van der Waals surface area contributed by atoms with E-state index in [1.165, 1.54) is 4.88 Å². The van der Waals surface area contributed by atoms with Gasteiger partial charge in [-0.3, -0.25) is 4.79 Å². The van der Waals surface area contributed by atoms with Crippen LogP contribution in [0.3, 0.4) is 0 Å². The van der Waals surface area contributed by atoms with E-state index in [0.717, 1.165) is 11.0 Å². The predicted octanol–water partition coefficient (Wildman–Crippen LogP) is 2.11. The Kier molecular flexibility index (Phi) is 2.19. The molecule has 1 aromatic heterocycles. The summed E-state index contributed by atoms with van der Waals surface area (Å²) in [6.45, 7) is 0.790. The molecule has 0 saturated carbocycles. The Bertz CT molecular complexity index is 310. The van der Waals surface area contributed by atoms with E-state index in [9.17, 15) is 4.79 Å². The summed E-state index contributed by atoms with van der Waals surface area (Å²) in [5.74, 6) is 0.548. The zero-order chi connectivity index (χ0) is 8.55. The molecule has 2 heterocycles. The summed E-state index contributed by atoms with van der Waals surface area (Å²) >= 11 is 5.18. The summed E-state index contributed by atoms with van der Waals surface area (Å²) in [5, 5.41) is 4.88. The number of thiophene rings is 1. The van der Waals surface area contributed by atoms with E-state index in [4.69, 9.17) is 0 Å². The number of carbonyl (C=O) groups is 1. The third-order valence-electron chi connectivity index (χ3n) is 1.99. The maximum atomic E-state index is 10.9. The molecule has 4 heteroatoms. The summed E-state index contributed by atoms with van der Waals surface area (Å²) in [5.41, 5.74) is 0. The fraction of sp³-hybridized carbons (Fsp3) is 0.375. The fourth-order valence-corrected chi connectivity index (χ4v) is 3.19. The Morgan fingerprint density at radius 3 is 3.00 bits per heavy atom. The van der Waals surface area contributed by atoms with Gasteiger partial charge in [-0.25, -0.2) is 0 Å². The molecule has 1 amide bonds. The Hall–Kier alpha value is -0.350. The van der Waals surface area contributed by atoms with Crippen molar-refractivity contribution >= 4 is 33.2 Å². The molecule has 64 valence electrons. The number of carbonyl (C=O) groups excluding carboxylic acids is 1. The van der Waals surface area contributed by atoms with E-state index >= 15 is 0 Å². The van der Waals surface area contributed by atoms with Crippen LogP contribution in [0.4, 0.5) is 0 Å². The van der Waals surface area contributed by atoms with E-state index in [2.05, 4.69) is 21.2 Å². The summed E-state index contributed by atoms with van der Waals surface area (Å²) in [6.07, 6.45) is 0.638. The van der Waals surface area contributed by atoms with E-state index < -0.39 is 0 Å². The van der Waals surface area contributed by atoms with Crippen LogP contribution in [0.1, 0.15) is 17.2 Å². The predicted molar refractivity (Wildman–Crippen MR) is 52.4 cm³/mol. The number of halogens is 1. The lowest BCUT2D eigenvalue weighted by Crippen LogP contribution is -2.13. The quantitative estimate of drug-likeness (QED) is 0.807. The van der Waals surface area contributed by atoms with E-state index in [0.29, 0.717) is 12.3 Å². The fourth-order valence-electron chi connectivity index (χ4n) is 1.39. The lowest BCUT2D eigenvalue weighted by molar-refractivity contribution is -0.119. The van der Waals surface area contributed by atoms with Crippen molar-refractivity contribution in [3.63, 3.8) is 0 Å². The molecular weight excluding hydrogens is 238 g/mol. The minimum Gasteiger partial charge on any atom is -0.355 e. The van der Waals surface area contributed by atoms with Crippen molar-refractivity contribution in [2.45, 2.75) is 12.3 Å². The minimum atomic E-state index is 0.167. The summed E-state index contributed by atoms with van der Waals surface area (Å²) in [6, 6.07) is 2.03. The Morgan fingerprint density at radius 2 is 2.50 bits per heavy atom. The second kappa shape index (κ2) is 3.18. The number of nitrogens with one attached hydrogen (secondary N) is 1. The van der Waals surface area contributed by atoms with Gasteiger partial charge in [0.05, 0.1) is 0 Å². The average molecular weight is 246 g/mol. The zero-order valence-corrected chi connectivity index (χ0v) is 8.74. The van der Waals surface area contributed by atoms with Gasteiger partial charge in [0.15, 0.2) is 0 Å². The van der Waals surface area contributed by atoms with Crippen LogP contribution in [0.15, 0.2) is 15.9 Å². The second-order valence-corrected chi connectivity index (χ2v) is 4.64. The molecule has 1 aliphatic rings. The Morgan fingerprint density at radius 1 is 1.67 bits per heavy atom. The van der Waals surface area contributed by atoms with Crippen LogP contribution >= 0.6 is 27.3 Å². The first-order valence-corrected chi connectivity index (χ1v) is 5.44. The molecule has 0 radical (unpaired) electrons. The summed E-state index contributed by atoms with van der Waals surface area (Å²) < 4.78 is 1.13. The molecule has 1 aliphatic heterocycles. The van der Waals surface area contributed by atoms with Crippen LogP contribution in [0, 0.1) is 0 Å². The van der Waals surface area contributed by atoms with Crippen LogP contribution in [0.5, 0.6) is 0 Å². The lowest BCUT2D eigenvalue weighted by atomic mass is 10.1. The minimum absolute atomic E-state index is 0.167. The average Bonchev–Trinajstić information content (AvgIpc) is 2.58. The molecule has 1 unspecified atom stereocenters. The zero-order valence-electron chi connectivity index (χ0n) is 6.34. The molecule has 1 atom stereocenters. The largest absolute Gasteiger partial charge is 0.355 e. The SMILES string of the molecule is O=C1CC(c2sccc2Br)CN1. The van der Waals surface area contributed by atoms with Gasteiger partial charge in [-0.1, -0.05) is 0 Å². The normalized spacial score (nSPS) is 22.8. The molecule has 0 aliphatic carbocycles. The third kappa shape index (κ3) is 1.41. The first-order valence-electron chi connectivity index (χ1n) is 3.77. The topological polar surface area (TPSA) is 29.1 Å². The molecule has 0 spiro atoms. The number of hydrogen-bond acceptors (Lipinski definition) is 2. The monoisotopic (exact) mass is 245 g/mol. The lowest BCUT2D eigenvalue weighted by Gasteiger charge is -2.03. The van der Waals surface area contributed by atoms with E-state index in [1.807, 2.05) is 11.4 Å². The number of amides is 1. The highest BCUT2D eigenvalue weighted by atomic mass is 79.9. The van der Waals surface area contributed by atoms with E-state index in [1.54, 1.807) is 11.3 Å². The van der Waals surface area contributed by atoms with Gasteiger partial charge < -0.3 is 5.32 Å². The number of rotatable bonds is 1. The number of hydrogen-bond donors (Lipinski definition) is 1. The van der Waals surface area contributed by atoms with Crippen LogP contribution in [-0.2, 0) is 4.79 Å². The highest BCUT2D eigenvalue weighted by molar-refractivity contribution is 9.10. The molecular formula is C8H8BrNOS. The standard InChI is InChI=1S/C8H8BrNOS/c9-6-1-2-12-8(6)5-3-7(11)10-4-5/h1-2,5H,3-4H2,(H,10,11). The first-order chi connectivity index (χ1) is 5.77.